The summed E-state index contributed by atoms with van der Waals surface area (Å²) in [4.78, 5) is 2.26. The summed E-state index contributed by atoms with van der Waals surface area (Å²) in [6.45, 7) is 4.97. The van der Waals surface area contributed by atoms with Gasteiger partial charge in [0, 0.05) is 40.4 Å². The van der Waals surface area contributed by atoms with E-state index in [0.29, 0.717) is 0 Å². The van der Waals surface area contributed by atoms with E-state index >= 15 is 0 Å². The number of hydrogen-bond acceptors (Lipinski definition) is 4. The molecule has 25 heavy (non-hydrogen) atoms. The number of methoxy groups -OCH3 is 2. The molecule has 0 amide bonds. The highest BCUT2D eigenvalue weighted by Gasteiger charge is 2.08. The molecular formula is C21H29N2O2. The number of ether oxygens (including phenoxy) is 2. The Bertz CT molecular complexity index is 614. The van der Waals surface area contributed by atoms with Crippen LogP contribution in [0.1, 0.15) is 11.1 Å². The fraction of sp³-hybridized carbons (Fsp3) is 0.429. The minimum absolute atomic E-state index is 0.734. The lowest BCUT2D eigenvalue weighted by Gasteiger charge is -2.18. The summed E-state index contributed by atoms with van der Waals surface area (Å²) >= 11 is 0. The SMILES string of the molecule is COCCNCc1ccc(-c2ccc[c]c2CN(C)CCOC)cc1. The van der Waals surface area contributed by atoms with E-state index in [1.54, 1.807) is 14.2 Å². The Labute approximate surface area is 151 Å². The third-order valence-corrected chi connectivity index (χ3v) is 4.12. The van der Waals surface area contributed by atoms with Crippen LogP contribution in [0.4, 0.5) is 0 Å². The highest BCUT2D eigenvalue weighted by atomic mass is 16.5. The molecule has 0 spiro atoms. The van der Waals surface area contributed by atoms with Gasteiger partial charge >= 0.3 is 0 Å². The van der Waals surface area contributed by atoms with Crippen molar-refractivity contribution in [1.82, 2.24) is 10.2 Å². The van der Waals surface area contributed by atoms with Crippen LogP contribution in [0.2, 0.25) is 0 Å². The van der Waals surface area contributed by atoms with Gasteiger partial charge in [0.15, 0.2) is 0 Å². The summed E-state index contributed by atoms with van der Waals surface area (Å²) in [5.74, 6) is 0. The van der Waals surface area contributed by atoms with Crippen LogP contribution in [0.15, 0.2) is 42.5 Å². The van der Waals surface area contributed by atoms with Crippen molar-refractivity contribution in [2.75, 3.05) is 47.6 Å². The van der Waals surface area contributed by atoms with Crippen LogP contribution in [0.25, 0.3) is 11.1 Å². The molecule has 2 rings (SSSR count). The van der Waals surface area contributed by atoms with Crippen LogP contribution in [0.3, 0.4) is 0 Å². The summed E-state index contributed by atoms with van der Waals surface area (Å²) in [6, 6.07) is 18.3. The van der Waals surface area contributed by atoms with Gasteiger partial charge in [-0.3, -0.25) is 4.90 Å². The van der Waals surface area contributed by atoms with Crippen molar-refractivity contribution in [1.29, 1.82) is 0 Å². The monoisotopic (exact) mass is 341 g/mol. The molecule has 1 N–H and O–H groups in total. The van der Waals surface area contributed by atoms with Crippen LogP contribution in [0.5, 0.6) is 0 Å². The highest BCUT2D eigenvalue weighted by molar-refractivity contribution is 5.67. The number of benzene rings is 2. The van der Waals surface area contributed by atoms with Gasteiger partial charge in [0.25, 0.3) is 0 Å². The van der Waals surface area contributed by atoms with E-state index < -0.39 is 0 Å². The molecule has 0 aliphatic rings. The first kappa shape index (κ1) is 19.6. The van der Waals surface area contributed by atoms with Crippen LogP contribution < -0.4 is 5.32 Å². The lowest BCUT2D eigenvalue weighted by atomic mass is 9.98. The Balaban J connectivity index is 2.03. The Morgan fingerprint density at radius 1 is 1.04 bits per heavy atom. The third-order valence-electron chi connectivity index (χ3n) is 4.12. The zero-order valence-electron chi connectivity index (χ0n) is 15.5. The van der Waals surface area contributed by atoms with Crippen molar-refractivity contribution in [2.24, 2.45) is 0 Å². The van der Waals surface area contributed by atoms with E-state index in [1.807, 2.05) is 12.1 Å². The molecule has 4 heteroatoms. The molecule has 4 nitrogen and oxygen atoms in total. The summed E-state index contributed by atoms with van der Waals surface area (Å²) < 4.78 is 10.2. The minimum Gasteiger partial charge on any atom is -0.383 e. The highest BCUT2D eigenvalue weighted by Crippen LogP contribution is 2.24. The largest absolute Gasteiger partial charge is 0.383 e. The first-order chi connectivity index (χ1) is 12.2. The molecule has 0 fully saturated rings. The maximum Gasteiger partial charge on any atom is 0.0589 e. The van der Waals surface area contributed by atoms with Gasteiger partial charge in [0.05, 0.1) is 13.2 Å². The lowest BCUT2D eigenvalue weighted by Crippen LogP contribution is -2.22. The number of rotatable bonds is 11. The summed E-state index contributed by atoms with van der Waals surface area (Å²) in [6.07, 6.45) is 0. The maximum atomic E-state index is 5.16. The second kappa shape index (κ2) is 11.0. The van der Waals surface area contributed by atoms with Gasteiger partial charge in [-0.15, -0.1) is 0 Å². The lowest BCUT2D eigenvalue weighted by molar-refractivity contribution is 0.158. The molecule has 0 heterocycles. The predicted molar refractivity (Wildman–Crippen MR) is 103 cm³/mol. The Kier molecular flexibility index (Phi) is 8.63. The molecule has 0 saturated carbocycles. The molecule has 1 radical (unpaired) electrons. The summed E-state index contributed by atoms with van der Waals surface area (Å²) in [5.41, 5.74) is 4.96. The van der Waals surface area contributed by atoms with Crippen LogP contribution in [-0.4, -0.2) is 52.5 Å². The minimum atomic E-state index is 0.734. The standard InChI is InChI=1S/C21H29N2O2/c1-23(13-15-25-3)17-20-6-4-5-7-21(20)19-10-8-18(9-11-19)16-22-12-14-24-2/h4-5,7-11,22H,12-17H2,1-3H3. The molecule has 0 bridgehead atoms. The molecule has 0 aromatic heterocycles. The number of hydrogen-bond donors (Lipinski definition) is 1. The summed E-state index contributed by atoms with van der Waals surface area (Å²) in [7, 11) is 5.57. The molecular weight excluding hydrogens is 312 g/mol. The van der Waals surface area contributed by atoms with Crippen molar-refractivity contribution in [2.45, 2.75) is 13.1 Å². The maximum absolute atomic E-state index is 5.16. The third kappa shape index (κ3) is 6.59. The van der Waals surface area contributed by atoms with Crippen molar-refractivity contribution in [3.63, 3.8) is 0 Å². The van der Waals surface area contributed by atoms with Gasteiger partial charge in [-0.25, -0.2) is 0 Å². The van der Waals surface area contributed by atoms with E-state index in [-0.39, 0.29) is 0 Å². The number of nitrogens with one attached hydrogen (secondary N) is 1. The quantitative estimate of drug-likeness (QED) is 0.637. The van der Waals surface area contributed by atoms with Crippen LogP contribution >= 0.6 is 0 Å². The van der Waals surface area contributed by atoms with E-state index in [0.717, 1.165) is 39.4 Å². The normalized spacial score (nSPS) is 11.2. The molecule has 0 aliphatic carbocycles. The first-order valence-electron chi connectivity index (χ1n) is 8.70. The van der Waals surface area contributed by atoms with E-state index in [1.165, 1.54) is 22.3 Å². The average molecular weight is 341 g/mol. The van der Waals surface area contributed by atoms with Gasteiger partial charge < -0.3 is 14.8 Å². The molecule has 135 valence electrons. The Morgan fingerprint density at radius 3 is 2.52 bits per heavy atom. The van der Waals surface area contributed by atoms with Gasteiger partial charge in [-0.1, -0.05) is 42.5 Å². The van der Waals surface area contributed by atoms with Gasteiger partial charge in [0.1, 0.15) is 0 Å². The van der Waals surface area contributed by atoms with Gasteiger partial charge in [-0.05, 0) is 35.4 Å². The van der Waals surface area contributed by atoms with Gasteiger partial charge in [-0.2, -0.15) is 0 Å². The van der Waals surface area contributed by atoms with E-state index in [9.17, 15) is 0 Å². The van der Waals surface area contributed by atoms with Crippen molar-refractivity contribution >= 4 is 0 Å². The molecule has 2 aromatic carbocycles. The van der Waals surface area contributed by atoms with E-state index in [2.05, 4.69) is 53.7 Å². The number of nitrogens with zero attached hydrogens (tertiary/aromatic N) is 1. The van der Waals surface area contributed by atoms with Crippen molar-refractivity contribution in [3.05, 3.63) is 59.7 Å². The second-order valence-corrected chi connectivity index (χ2v) is 6.16. The molecule has 0 aliphatic heterocycles. The predicted octanol–water partition coefficient (Wildman–Crippen LogP) is 2.97. The molecule has 0 atom stereocenters. The van der Waals surface area contributed by atoms with Crippen molar-refractivity contribution < 1.29 is 9.47 Å². The van der Waals surface area contributed by atoms with Crippen LogP contribution in [0, 0.1) is 6.07 Å². The van der Waals surface area contributed by atoms with Crippen molar-refractivity contribution in [3.8, 4) is 11.1 Å². The van der Waals surface area contributed by atoms with E-state index in [4.69, 9.17) is 9.47 Å². The molecule has 0 saturated heterocycles. The van der Waals surface area contributed by atoms with Gasteiger partial charge in [0.2, 0.25) is 0 Å². The molecule has 0 unspecified atom stereocenters. The summed E-state index contributed by atoms with van der Waals surface area (Å²) in [5, 5.41) is 3.37. The topological polar surface area (TPSA) is 33.7 Å². The zero-order valence-corrected chi connectivity index (χ0v) is 15.5. The average Bonchev–Trinajstić information content (AvgIpc) is 2.65. The molecule has 2 aromatic rings. The first-order valence-corrected chi connectivity index (χ1v) is 8.70. The Morgan fingerprint density at radius 2 is 1.80 bits per heavy atom. The Hall–Kier alpha value is -1.72. The van der Waals surface area contributed by atoms with Crippen LogP contribution in [-0.2, 0) is 22.6 Å². The fourth-order valence-electron chi connectivity index (χ4n) is 2.68. The fourth-order valence-corrected chi connectivity index (χ4v) is 2.68. The smallest absolute Gasteiger partial charge is 0.0589 e. The number of likely N-dealkylation sites (N-methyl/N-ethyl adjacent to an activating group) is 1. The second-order valence-electron chi connectivity index (χ2n) is 6.16. The zero-order chi connectivity index (χ0) is 17.9.